The molecule has 0 aliphatic carbocycles. The average Bonchev–Trinajstić information content (AvgIpc) is 3.13. The minimum atomic E-state index is -0.727. The molecule has 2 aromatic carbocycles. The highest BCUT2D eigenvalue weighted by atomic mass is 19.1. The molecule has 0 bridgehead atoms. The molecule has 158 valence electrons. The number of nitrogens with zero attached hydrogens (tertiary/aromatic N) is 3. The summed E-state index contributed by atoms with van der Waals surface area (Å²) in [6, 6.07) is 11.0. The number of hydrogen-bond donors (Lipinski definition) is 1. The minimum Gasteiger partial charge on any atom is -0.336 e. The summed E-state index contributed by atoms with van der Waals surface area (Å²) in [5, 5.41) is 8.18. The normalized spacial score (nSPS) is 15.9. The first-order valence-corrected chi connectivity index (χ1v) is 9.68. The highest BCUT2D eigenvalue weighted by molar-refractivity contribution is 6.03. The largest absolute Gasteiger partial charge is 0.336 e. The summed E-state index contributed by atoms with van der Waals surface area (Å²) >= 11 is 0. The molecule has 1 atom stereocenters. The summed E-state index contributed by atoms with van der Waals surface area (Å²) in [6.07, 6.45) is 0.162. The first-order valence-electron chi connectivity index (χ1n) is 9.68. The van der Waals surface area contributed by atoms with Gasteiger partial charge in [0.1, 0.15) is 18.2 Å². The summed E-state index contributed by atoms with van der Waals surface area (Å²) in [7, 11) is 1.49. The van der Waals surface area contributed by atoms with Crippen LogP contribution in [0.5, 0.6) is 0 Å². The van der Waals surface area contributed by atoms with Crippen LogP contribution in [0.3, 0.4) is 0 Å². The second-order valence-electron chi connectivity index (χ2n) is 7.47. The van der Waals surface area contributed by atoms with E-state index in [0.29, 0.717) is 5.71 Å². The van der Waals surface area contributed by atoms with Gasteiger partial charge in [-0.05, 0) is 26.0 Å². The molecule has 3 amide bonds. The molecule has 8 heteroatoms. The van der Waals surface area contributed by atoms with Crippen molar-refractivity contribution < 1.29 is 18.4 Å². The standard InChI is InChI=1S/C22H24F2N4O2/c1-14(2)25-22(30)27(3)13-21(29)28-20(16-9-5-7-11-18(16)24)12-19(26-28)15-8-4-6-10-17(15)23/h4-11,14,20H,12-13H2,1-3H3,(H,25,30)/t20-/m0/s1. The van der Waals surface area contributed by atoms with Gasteiger partial charge in [0, 0.05) is 30.6 Å². The fourth-order valence-corrected chi connectivity index (χ4v) is 3.29. The number of benzene rings is 2. The van der Waals surface area contributed by atoms with Gasteiger partial charge in [-0.3, -0.25) is 4.79 Å². The molecule has 0 spiro atoms. The topological polar surface area (TPSA) is 65.0 Å². The molecule has 0 fully saturated rings. The van der Waals surface area contributed by atoms with E-state index in [2.05, 4.69) is 10.4 Å². The van der Waals surface area contributed by atoms with Crippen molar-refractivity contribution in [2.75, 3.05) is 13.6 Å². The molecule has 0 unspecified atom stereocenters. The van der Waals surface area contributed by atoms with E-state index in [-0.39, 0.29) is 30.1 Å². The number of hydrazone groups is 1. The van der Waals surface area contributed by atoms with Crippen LogP contribution in [0.15, 0.2) is 53.6 Å². The van der Waals surface area contributed by atoms with Crippen LogP contribution in [-0.4, -0.2) is 47.2 Å². The van der Waals surface area contributed by atoms with Gasteiger partial charge in [0.15, 0.2) is 0 Å². The molecule has 6 nitrogen and oxygen atoms in total. The van der Waals surface area contributed by atoms with Crippen molar-refractivity contribution in [3.63, 3.8) is 0 Å². The maximum Gasteiger partial charge on any atom is 0.317 e. The molecule has 30 heavy (non-hydrogen) atoms. The molecule has 1 heterocycles. The van der Waals surface area contributed by atoms with E-state index >= 15 is 0 Å². The zero-order valence-corrected chi connectivity index (χ0v) is 17.1. The second kappa shape index (κ2) is 9.02. The van der Waals surface area contributed by atoms with Gasteiger partial charge in [-0.1, -0.05) is 36.4 Å². The fourth-order valence-electron chi connectivity index (χ4n) is 3.29. The number of likely N-dealkylation sites (N-methyl/N-ethyl adjacent to an activating group) is 1. The molecule has 0 radical (unpaired) electrons. The molecular formula is C22H24F2N4O2. The van der Waals surface area contributed by atoms with Crippen molar-refractivity contribution in [3.05, 3.63) is 71.3 Å². The van der Waals surface area contributed by atoms with Crippen molar-refractivity contribution in [1.29, 1.82) is 0 Å². The van der Waals surface area contributed by atoms with Crippen LogP contribution in [0.4, 0.5) is 13.6 Å². The monoisotopic (exact) mass is 414 g/mol. The Balaban J connectivity index is 1.90. The highest BCUT2D eigenvalue weighted by Gasteiger charge is 2.35. The van der Waals surface area contributed by atoms with Crippen molar-refractivity contribution in [2.45, 2.75) is 32.4 Å². The van der Waals surface area contributed by atoms with E-state index < -0.39 is 29.6 Å². The third-order valence-electron chi connectivity index (χ3n) is 4.75. The second-order valence-corrected chi connectivity index (χ2v) is 7.47. The van der Waals surface area contributed by atoms with Crippen LogP contribution in [0.25, 0.3) is 0 Å². The number of nitrogens with one attached hydrogen (secondary N) is 1. The Morgan fingerprint density at radius 3 is 2.40 bits per heavy atom. The molecular weight excluding hydrogens is 390 g/mol. The third-order valence-corrected chi connectivity index (χ3v) is 4.75. The van der Waals surface area contributed by atoms with Crippen LogP contribution in [0.1, 0.15) is 37.4 Å². The van der Waals surface area contributed by atoms with Gasteiger partial charge >= 0.3 is 6.03 Å². The third kappa shape index (κ3) is 4.64. The van der Waals surface area contributed by atoms with E-state index in [1.54, 1.807) is 36.4 Å². The first-order chi connectivity index (χ1) is 14.3. The van der Waals surface area contributed by atoms with Crippen molar-refractivity contribution in [3.8, 4) is 0 Å². The molecule has 1 aliphatic heterocycles. The first kappa shape index (κ1) is 21.4. The van der Waals surface area contributed by atoms with Crippen LogP contribution >= 0.6 is 0 Å². The minimum absolute atomic E-state index is 0.0846. The lowest BCUT2D eigenvalue weighted by molar-refractivity contribution is -0.133. The summed E-state index contributed by atoms with van der Waals surface area (Å²) in [5.41, 5.74) is 0.902. The molecule has 0 aromatic heterocycles. The number of carbonyl (C=O) groups is 2. The van der Waals surface area contributed by atoms with Gasteiger partial charge < -0.3 is 10.2 Å². The Labute approximate surface area is 174 Å². The predicted molar refractivity (Wildman–Crippen MR) is 110 cm³/mol. The Hall–Kier alpha value is -3.29. The van der Waals surface area contributed by atoms with Crippen molar-refractivity contribution in [2.24, 2.45) is 5.10 Å². The average molecular weight is 414 g/mol. The smallest absolute Gasteiger partial charge is 0.317 e. The Morgan fingerprint density at radius 2 is 1.77 bits per heavy atom. The number of carbonyl (C=O) groups excluding carboxylic acids is 2. The van der Waals surface area contributed by atoms with Gasteiger partial charge in [-0.2, -0.15) is 5.10 Å². The summed E-state index contributed by atoms with van der Waals surface area (Å²) < 4.78 is 28.8. The van der Waals surface area contributed by atoms with E-state index in [1.165, 1.54) is 24.1 Å². The fraction of sp³-hybridized carbons (Fsp3) is 0.318. The molecule has 0 saturated carbocycles. The zero-order valence-electron chi connectivity index (χ0n) is 17.1. The Morgan fingerprint density at radius 1 is 1.13 bits per heavy atom. The van der Waals surface area contributed by atoms with E-state index in [0.717, 1.165) is 5.01 Å². The van der Waals surface area contributed by atoms with E-state index in [1.807, 2.05) is 13.8 Å². The van der Waals surface area contributed by atoms with Gasteiger partial charge in [0.05, 0.1) is 11.8 Å². The molecule has 1 N–H and O–H groups in total. The number of hydrogen-bond acceptors (Lipinski definition) is 3. The Bertz CT molecular complexity index is 977. The lowest BCUT2D eigenvalue weighted by Gasteiger charge is -2.25. The summed E-state index contributed by atoms with van der Waals surface area (Å²) in [6.45, 7) is 3.37. The highest BCUT2D eigenvalue weighted by Crippen LogP contribution is 2.34. The van der Waals surface area contributed by atoms with Crippen molar-refractivity contribution >= 4 is 17.6 Å². The molecule has 3 rings (SSSR count). The lowest BCUT2D eigenvalue weighted by atomic mass is 9.97. The number of halogens is 2. The van der Waals surface area contributed by atoms with Gasteiger partial charge in [0.2, 0.25) is 0 Å². The van der Waals surface area contributed by atoms with Crippen molar-refractivity contribution in [1.82, 2.24) is 15.2 Å². The van der Waals surface area contributed by atoms with Gasteiger partial charge in [0.25, 0.3) is 5.91 Å². The maximum atomic E-state index is 14.5. The van der Waals surface area contributed by atoms with Crippen LogP contribution in [-0.2, 0) is 4.79 Å². The summed E-state index contributed by atoms with van der Waals surface area (Å²) in [4.78, 5) is 26.4. The molecule has 1 aliphatic rings. The van der Waals surface area contributed by atoms with Crippen LogP contribution < -0.4 is 5.32 Å². The SMILES string of the molecule is CC(C)NC(=O)N(C)CC(=O)N1N=C(c2ccccc2F)C[C@H]1c1ccccc1F. The lowest BCUT2D eigenvalue weighted by Crippen LogP contribution is -2.45. The molecule has 2 aromatic rings. The van der Waals surface area contributed by atoms with Crippen LogP contribution in [0.2, 0.25) is 0 Å². The zero-order chi connectivity index (χ0) is 21.8. The molecule has 0 saturated heterocycles. The maximum absolute atomic E-state index is 14.5. The quantitative estimate of drug-likeness (QED) is 0.811. The summed E-state index contributed by atoms with van der Waals surface area (Å²) in [5.74, 6) is -1.43. The number of rotatable bonds is 5. The number of amides is 3. The van der Waals surface area contributed by atoms with Crippen LogP contribution in [0, 0.1) is 11.6 Å². The number of urea groups is 1. The van der Waals surface area contributed by atoms with E-state index in [9.17, 15) is 18.4 Å². The van der Waals surface area contributed by atoms with Gasteiger partial charge in [-0.15, -0.1) is 0 Å². The van der Waals surface area contributed by atoms with E-state index in [4.69, 9.17) is 0 Å². The van der Waals surface area contributed by atoms with Gasteiger partial charge in [-0.25, -0.2) is 18.6 Å². The Kier molecular flexibility index (Phi) is 6.44. The predicted octanol–water partition coefficient (Wildman–Crippen LogP) is 3.69.